The fourth-order valence-electron chi connectivity index (χ4n) is 6.97. The van der Waals surface area contributed by atoms with E-state index in [2.05, 4.69) is 35.7 Å². The number of allylic oxidation sites excluding steroid dienone is 1. The Morgan fingerprint density at radius 2 is 1.76 bits per heavy atom. The molecular weight excluding hydrogens is 638 g/mol. The Bertz CT molecular complexity index is 1940. The maximum atomic E-state index is 13.6. The lowest BCUT2D eigenvalue weighted by Gasteiger charge is -2.31. The third-order valence-electron chi connectivity index (χ3n) is 9.82. The zero-order valence-corrected chi connectivity index (χ0v) is 28.8. The second kappa shape index (κ2) is 15.2. The summed E-state index contributed by atoms with van der Waals surface area (Å²) in [5.74, 6) is -0.0605. The fraction of sp³-hybridized carbons (Fsp3) is 0.350. The molecule has 2 fully saturated rings. The Kier molecular flexibility index (Phi) is 10.6. The summed E-state index contributed by atoms with van der Waals surface area (Å²) >= 11 is 6.15. The van der Waals surface area contributed by atoms with Crippen LogP contribution in [-0.2, 0) is 22.6 Å². The second-order valence-electron chi connectivity index (χ2n) is 13.2. The number of amides is 3. The van der Waals surface area contributed by atoms with Crippen molar-refractivity contribution < 1.29 is 18.8 Å². The maximum absolute atomic E-state index is 13.6. The van der Waals surface area contributed by atoms with E-state index in [4.69, 9.17) is 16.0 Å². The van der Waals surface area contributed by atoms with Gasteiger partial charge in [-0.1, -0.05) is 59.6 Å². The van der Waals surface area contributed by atoms with Crippen molar-refractivity contribution in [2.45, 2.75) is 76.8 Å². The van der Waals surface area contributed by atoms with E-state index in [0.29, 0.717) is 41.4 Å². The van der Waals surface area contributed by atoms with Gasteiger partial charge in [0.1, 0.15) is 5.58 Å². The molecule has 1 aliphatic heterocycles. The standard InChI is InChI=1S/C40H42ClN3O5/c1-26(45)43(2)33-18-19-37-35(23-33)36(46)24-38(49-37)40(48)42-32(22-28-12-16-31(41)17-13-28)21-27-10-14-29(15-11-27)34-8-4-3-7-30(34)25-44-20-6-5-9-39(44)47/h3-4,7-8,12-13,16-19,21,23-24,29,32H,5-6,9-11,14-15,20,22,25H2,1-2H3,(H,42,48)/t29?,32-/m0/s1. The van der Waals surface area contributed by atoms with Gasteiger partial charge in [-0.25, -0.2) is 0 Å². The molecule has 3 aromatic carbocycles. The van der Waals surface area contributed by atoms with E-state index < -0.39 is 5.91 Å². The largest absolute Gasteiger partial charge is 0.451 e. The number of nitrogens with zero attached hydrogens (tertiary/aromatic N) is 2. The number of benzene rings is 3. The van der Waals surface area contributed by atoms with Crippen LogP contribution in [0.3, 0.4) is 0 Å². The number of piperidine rings is 1. The van der Waals surface area contributed by atoms with Gasteiger partial charge in [0.15, 0.2) is 11.2 Å². The number of carbonyl (C=O) groups excluding carboxylic acids is 3. The van der Waals surface area contributed by atoms with Crippen LogP contribution >= 0.6 is 11.6 Å². The lowest BCUT2D eigenvalue weighted by atomic mass is 9.79. The zero-order valence-electron chi connectivity index (χ0n) is 28.0. The maximum Gasteiger partial charge on any atom is 0.287 e. The first-order chi connectivity index (χ1) is 23.6. The molecule has 3 amide bonds. The zero-order chi connectivity index (χ0) is 34.5. The van der Waals surface area contributed by atoms with Crippen molar-refractivity contribution in [1.29, 1.82) is 0 Å². The van der Waals surface area contributed by atoms with Gasteiger partial charge in [0, 0.05) is 50.3 Å². The van der Waals surface area contributed by atoms with Crippen molar-refractivity contribution in [1.82, 2.24) is 10.2 Å². The molecule has 0 unspecified atom stereocenters. The average molecular weight is 680 g/mol. The van der Waals surface area contributed by atoms with E-state index in [1.165, 1.54) is 34.6 Å². The van der Waals surface area contributed by atoms with Gasteiger partial charge in [0.05, 0.1) is 11.4 Å². The van der Waals surface area contributed by atoms with Gasteiger partial charge in [-0.3, -0.25) is 19.2 Å². The number of hydrogen-bond donors (Lipinski definition) is 1. The van der Waals surface area contributed by atoms with Gasteiger partial charge >= 0.3 is 0 Å². The number of carbonyl (C=O) groups is 3. The van der Waals surface area contributed by atoms with Crippen LogP contribution in [0.15, 0.2) is 93.7 Å². The van der Waals surface area contributed by atoms with Crippen LogP contribution < -0.4 is 15.6 Å². The molecule has 0 spiro atoms. The van der Waals surface area contributed by atoms with Gasteiger partial charge in [0.25, 0.3) is 5.91 Å². The van der Waals surface area contributed by atoms with Gasteiger partial charge < -0.3 is 19.5 Å². The quantitative estimate of drug-likeness (QED) is 0.184. The fourth-order valence-corrected chi connectivity index (χ4v) is 7.10. The highest BCUT2D eigenvalue weighted by Gasteiger charge is 2.25. The molecule has 9 heteroatoms. The van der Waals surface area contributed by atoms with E-state index in [9.17, 15) is 19.2 Å². The molecule has 1 aromatic heterocycles. The Hall–Kier alpha value is -4.69. The van der Waals surface area contributed by atoms with E-state index in [1.54, 1.807) is 25.2 Å². The highest BCUT2D eigenvalue weighted by molar-refractivity contribution is 6.30. The van der Waals surface area contributed by atoms with Crippen LogP contribution in [0.5, 0.6) is 0 Å². The van der Waals surface area contributed by atoms with Crippen molar-refractivity contribution in [2.75, 3.05) is 18.5 Å². The topological polar surface area (TPSA) is 99.9 Å². The first-order valence-corrected chi connectivity index (χ1v) is 17.4. The minimum atomic E-state index is -0.477. The summed E-state index contributed by atoms with van der Waals surface area (Å²) in [6.45, 7) is 2.95. The Balaban J connectivity index is 1.19. The Morgan fingerprint density at radius 1 is 1.00 bits per heavy atom. The first-order valence-electron chi connectivity index (χ1n) is 17.1. The van der Waals surface area contributed by atoms with Crippen LogP contribution in [0, 0.1) is 0 Å². The summed E-state index contributed by atoms with van der Waals surface area (Å²) in [5.41, 5.74) is 5.34. The van der Waals surface area contributed by atoms with Crippen LogP contribution in [0.25, 0.3) is 11.0 Å². The summed E-state index contributed by atoms with van der Waals surface area (Å²) in [4.78, 5) is 54.5. The smallest absolute Gasteiger partial charge is 0.287 e. The Labute approximate surface area is 291 Å². The number of anilines is 1. The SMILES string of the molecule is CC(=O)N(C)c1ccc2oc(C(=O)N[C@@H](C=C3CCC(c4ccccc4CN4CCCCC4=O)CC3)Cc3ccc(Cl)cc3)cc(=O)c2c1. The second-order valence-corrected chi connectivity index (χ2v) is 13.7. The van der Waals surface area contributed by atoms with E-state index in [1.807, 2.05) is 29.2 Å². The highest BCUT2D eigenvalue weighted by Crippen LogP contribution is 2.38. The molecule has 4 aromatic rings. The molecule has 254 valence electrons. The molecule has 8 nitrogen and oxygen atoms in total. The van der Waals surface area contributed by atoms with E-state index in [0.717, 1.165) is 50.6 Å². The number of fused-ring (bicyclic) bond motifs is 1. The van der Waals surface area contributed by atoms with Gasteiger partial charge in [0.2, 0.25) is 11.8 Å². The molecule has 1 atom stereocenters. The van der Waals surface area contributed by atoms with Crippen molar-refractivity contribution in [2.24, 2.45) is 0 Å². The molecule has 0 radical (unpaired) electrons. The minimum Gasteiger partial charge on any atom is -0.451 e. The van der Waals surface area contributed by atoms with Gasteiger partial charge in [-0.05, 0) is 97.9 Å². The number of halogens is 1. The van der Waals surface area contributed by atoms with Crippen molar-refractivity contribution >= 4 is 46.0 Å². The lowest BCUT2D eigenvalue weighted by Crippen LogP contribution is -2.36. The summed E-state index contributed by atoms with van der Waals surface area (Å²) in [6, 6.07) is 21.9. The lowest BCUT2D eigenvalue weighted by molar-refractivity contribution is -0.133. The molecule has 49 heavy (non-hydrogen) atoms. The number of nitrogens with one attached hydrogen (secondary N) is 1. The molecule has 1 saturated heterocycles. The molecule has 6 rings (SSSR count). The van der Waals surface area contributed by atoms with Crippen molar-refractivity contribution in [3.8, 4) is 0 Å². The van der Waals surface area contributed by atoms with Gasteiger partial charge in [-0.15, -0.1) is 0 Å². The third-order valence-corrected chi connectivity index (χ3v) is 10.1. The first kappa shape index (κ1) is 34.2. The average Bonchev–Trinajstić information content (AvgIpc) is 3.10. The monoisotopic (exact) mass is 679 g/mol. The van der Waals surface area contributed by atoms with Crippen LogP contribution in [0.4, 0.5) is 5.69 Å². The predicted octanol–water partition coefficient (Wildman–Crippen LogP) is 7.57. The van der Waals surface area contributed by atoms with Crippen molar-refractivity contribution in [3.63, 3.8) is 0 Å². The molecule has 0 bridgehead atoms. The van der Waals surface area contributed by atoms with E-state index in [-0.39, 0.29) is 34.6 Å². The molecule has 2 heterocycles. The van der Waals surface area contributed by atoms with Crippen LogP contribution in [0.1, 0.15) is 85.0 Å². The minimum absolute atomic E-state index is 0.0721. The van der Waals surface area contributed by atoms with Crippen molar-refractivity contribution in [3.05, 3.63) is 122 Å². The molecular formula is C40H42ClN3O5. The summed E-state index contributed by atoms with van der Waals surface area (Å²) in [6.07, 6.45) is 9.15. The van der Waals surface area contributed by atoms with E-state index >= 15 is 0 Å². The predicted molar refractivity (Wildman–Crippen MR) is 193 cm³/mol. The third kappa shape index (κ3) is 8.31. The van der Waals surface area contributed by atoms with Gasteiger partial charge in [-0.2, -0.15) is 0 Å². The summed E-state index contributed by atoms with van der Waals surface area (Å²) in [7, 11) is 1.63. The molecule has 1 saturated carbocycles. The van der Waals surface area contributed by atoms with Crippen LogP contribution in [-0.4, -0.2) is 42.3 Å². The molecule has 2 aliphatic rings. The highest BCUT2D eigenvalue weighted by atomic mass is 35.5. The summed E-state index contributed by atoms with van der Waals surface area (Å²) in [5, 5.41) is 4.05. The normalized spacial score (nSPS) is 17.1. The number of rotatable bonds is 9. The Morgan fingerprint density at radius 3 is 2.49 bits per heavy atom. The van der Waals surface area contributed by atoms with Crippen LogP contribution in [0.2, 0.25) is 5.02 Å². The molecule has 1 aliphatic carbocycles. The molecule has 1 N–H and O–H groups in total. The summed E-state index contributed by atoms with van der Waals surface area (Å²) < 4.78 is 5.91. The number of hydrogen-bond acceptors (Lipinski definition) is 5. The number of likely N-dealkylation sites (tertiary alicyclic amines) is 1.